The van der Waals surface area contributed by atoms with Crippen LogP contribution in [-0.4, -0.2) is 66.3 Å². The Morgan fingerprint density at radius 1 is 1.38 bits per heavy atom. The molecule has 0 aromatic carbocycles. The van der Waals surface area contributed by atoms with Crippen LogP contribution in [-0.2, 0) is 14.3 Å². The maximum atomic E-state index is 12.2. The van der Waals surface area contributed by atoms with Gasteiger partial charge in [-0.05, 0) is 12.8 Å². The van der Waals surface area contributed by atoms with Crippen LogP contribution in [0, 0.1) is 0 Å². The van der Waals surface area contributed by atoms with Crippen LogP contribution < -0.4 is 10.6 Å². The summed E-state index contributed by atoms with van der Waals surface area (Å²) in [6.07, 6.45) is 1.07. The zero-order valence-electron chi connectivity index (χ0n) is 12.4. The molecule has 0 saturated carbocycles. The number of urea groups is 1. The van der Waals surface area contributed by atoms with Gasteiger partial charge in [0.1, 0.15) is 12.1 Å². The molecule has 120 valence electrons. The smallest absolute Gasteiger partial charge is 0.326 e. The molecule has 1 aliphatic rings. The number of carboxylic acids is 1. The fourth-order valence-electron chi connectivity index (χ4n) is 2.00. The van der Waals surface area contributed by atoms with Crippen LogP contribution in [0.4, 0.5) is 4.79 Å². The van der Waals surface area contributed by atoms with Gasteiger partial charge in [0.2, 0.25) is 5.91 Å². The van der Waals surface area contributed by atoms with E-state index in [1.807, 2.05) is 6.92 Å². The van der Waals surface area contributed by atoms with E-state index in [1.54, 1.807) is 6.92 Å². The highest BCUT2D eigenvalue weighted by Crippen LogP contribution is 2.08. The van der Waals surface area contributed by atoms with Gasteiger partial charge in [-0.3, -0.25) is 4.79 Å². The minimum absolute atomic E-state index is 0.118. The van der Waals surface area contributed by atoms with E-state index in [0.29, 0.717) is 13.2 Å². The van der Waals surface area contributed by atoms with Crippen molar-refractivity contribution in [1.82, 2.24) is 15.5 Å². The summed E-state index contributed by atoms with van der Waals surface area (Å²) >= 11 is 0. The molecule has 3 amide bonds. The lowest BCUT2D eigenvalue weighted by Crippen LogP contribution is -2.60. The summed E-state index contributed by atoms with van der Waals surface area (Å²) in [5.41, 5.74) is 0. The van der Waals surface area contributed by atoms with E-state index >= 15 is 0 Å². The molecule has 21 heavy (non-hydrogen) atoms. The second-order valence-corrected chi connectivity index (χ2v) is 4.82. The lowest BCUT2D eigenvalue weighted by Gasteiger charge is -2.35. The van der Waals surface area contributed by atoms with Gasteiger partial charge in [0.25, 0.3) is 0 Å². The van der Waals surface area contributed by atoms with Gasteiger partial charge in [0.15, 0.2) is 0 Å². The van der Waals surface area contributed by atoms with E-state index in [1.165, 1.54) is 4.90 Å². The van der Waals surface area contributed by atoms with Crippen LogP contribution in [0.5, 0.6) is 0 Å². The molecule has 0 bridgehead atoms. The fraction of sp³-hybridized carbons (Fsp3) is 0.769. The number of nitrogens with zero attached hydrogens (tertiary/aromatic N) is 1. The monoisotopic (exact) mass is 301 g/mol. The number of carboxylic acid groups (broad SMARTS) is 1. The Balaban J connectivity index is 2.69. The highest BCUT2D eigenvalue weighted by atomic mass is 16.5. The minimum Gasteiger partial charge on any atom is -0.480 e. The van der Waals surface area contributed by atoms with E-state index in [4.69, 9.17) is 9.84 Å². The summed E-state index contributed by atoms with van der Waals surface area (Å²) in [6, 6.07) is -2.24. The largest absolute Gasteiger partial charge is 0.480 e. The third-order valence-corrected chi connectivity index (χ3v) is 3.25. The number of carbonyl (C=O) groups excluding carboxylic acids is 2. The first-order valence-corrected chi connectivity index (χ1v) is 7.16. The van der Waals surface area contributed by atoms with Gasteiger partial charge in [-0.15, -0.1) is 0 Å². The number of ether oxygens (including phenoxy) is 1. The molecule has 1 rings (SSSR count). The molecule has 0 spiro atoms. The van der Waals surface area contributed by atoms with Crippen molar-refractivity contribution >= 4 is 17.9 Å². The molecule has 8 heteroatoms. The van der Waals surface area contributed by atoms with Gasteiger partial charge >= 0.3 is 12.0 Å². The highest BCUT2D eigenvalue weighted by Gasteiger charge is 2.34. The molecule has 0 aromatic rings. The van der Waals surface area contributed by atoms with Crippen molar-refractivity contribution in [2.24, 2.45) is 0 Å². The van der Waals surface area contributed by atoms with Crippen molar-refractivity contribution < 1.29 is 24.2 Å². The molecule has 0 radical (unpaired) electrons. The molecule has 0 aliphatic carbocycles. The second kappa shape index (κ2) is 8.46. The van der Waals surface area contributed by atoms with Crippen molar-refractivity contribution in [2.45, 2.75) is 38.8 Å². The number of aliphatic carboxylic acids is 1. The van der Waals surface area contributed by atoms with Crippen molar-refractivity contribution in [2.75, 3.05) is 26.3 Å². The number of amides is 3. The predicted octanol–water partition coefficient (Wildman–Crippen LogP) is -0.214. The molecule has 8 nitrogen and oxygen atoms in total. The van der Waals surface area contributed by atoms with E-state index in [2.05, 4.69) is 10.6 Å². The van der Waals surface area contributed by atoms with Crippen molar-refractivity contribution in [3.63, 3.8) is 0 Å². The van der Waals surface area contributed by atoms with Crippen molar-refractivity contribution in [3.8, 4) is 0 Å². The van der Waals surface area contributed by atoms with Crippen LogP contribution in [0.3, 0.4) is 0 Å². The molecule has 2 atom stereocenters. The van der Waals surface area contributed by atoms with Crippen molar-refractivity contribution in [3.05, 3.63) is 0 Å². The highest BCUT2D eigenvalue weighted by molar-refractivity contribution is 5.89. The number of carbonyl (C=O) groups is 3. The molecule has 1 heterocycles. The first-order chi connectivity index (χ1) is 10.0. The number of hydrogen-bond acceptors (Lipinski definition) is 4. The predicted molar refractivity (Wildman–Crippen MR) is 74.9 cm³/mol. The van der Waals surface area contributed by atoms with Gasteiger partial charge in [0.05, 0.1) is 13.2 Å². The summed E-state index contributed by atoms with van der Waals surface area (Å²) in [4.78, 5) is 36.5. The topological polar surface area (TPSA) is 108 Å². The van der Waals surface area contributed by atoms with Crippen LogP contribution in [0.1, 0.15) is 26.7 Å². The zero-order chi connectivity index (χ0) is 15.8. The molecule has 1 aliphatic heterocycles. The maximum absolute atomic E-state index is 12.2. The Morgan fingerprint density at radius 3 is 2.67 bits per heavy atom. The Hall–Kier alpha value is -1.83. The Morgan fingerprint density at radius 2 is 2.10 bits per heavy atom. The van der Waals surface area contributed by atoms with E-state index in [-0.39, 0.29) is 25.5 Å². The molecule has 0 aromatic heterocycles. The summed E-state index contributed by atoms with van der Waals surface area (Å²) in [5, 5.41) is 14.1. The molecular formula is C13H23N3O5. The molecule has 1 saturated heterocycles. The van der Waals surface area contributed by atoms with Gasteiger partial charge < -0.3 is 25.4 Å². The normalized spacial score (nSPS) is 19.7. The summed E-state index contributed by atoms with van der Waals surface area (Å²) in [7, 11) is 0. The quantitative estimate of drug-likeness (QED) is 0.629. The number of nitrogens with one attached hydrogen (secondary N) is 2. The Bertz CT molecular complexity index is 388. The first kappa shape index (κ1) is 17.2. The van der Waals surface area contributed by atoms with Crippen LogP contribution in [0.15, 0.2) is 0 Å². The van der Waals surface area contributed by atoms with Crippen LogP contribution >= 0.6 is 0 Å². The SMILES string of the molecule is CCCNC(=O)C1COCCN1C(=O)N[C@H](CC)C(=O)O. The number of morpholine rings is 1. The minimum atomic E-state index is -1.09. The van der Waals surface area contributed by atoms with E-state index in [9.17, 15) is 14.4 Å². The molecule has 1 unspecified atom stereocenters. The fourth-order valence-corrected chi connectivity index (χ4v) is 2.00. The average Bonchev–Trinajstić information content (AvgIpc) is 2.49. The molecule has 1 fully saturated rings. The standard InChI is InChI=1S/C13H23N3O5/c1-3-5-14-11(17)10-8-21-7-6-16(10)13(20)15-9(4-2)12(18)19/h9-10H,3-8H2,1-2H3,(H,14,17)(H,15,20)(H,18,19)/t9-,10?/m1/s1. The third-order valence-electron chi connectivity index (χ3n) is 3.25. The number of hydrogen-bond donors (Lipinski definition) is 3. The molecular weight excluding hydrogens is 278 g/mol. The Labute approximate surface area is 123 Å². The average molecular weight is 301 g/mol. The second-order valence-electron chi connectivity index (χ2n) is 4.82. The lowest BCUT2D eigenvalue weighted by molar-refractivity contribution is -0.139. The number of rotatable bonds is 6. The summed E-state index contributed by atoms with van der Waals surface area (Å²) in [5.74, 6) is -1.37. The third kappa shape index (κ3) is 4.89. The van der Waals surface area contributed by atoms with Gasteiger partial charge in [-0.1, -0.05) is 13.8 Å². The van der Waals surface area contributed by atoms with Gasteiger partial charge in [0, 0.05) is 13.1 Å². The Kier molecular flexibility index (Phi) is 6.93. The maximum Gasteiger partial charge on any atom is 0.326 e. The van der Waals surface area contributed by atoms with Crippen LogP contribution in [0.25, 0.3) is 0 Å². The van der Waals surface area contributed by atoms with Gasteiger partial charge in [-0.2, -0.15) is 0 Å². The van der Waals surface area contributed by atoms with E-state index in [0.717, 1.165) is 6.42 Å². The summed E-state index contributed by atoms with van der Waals surface area (Å²) < 4.78 is 5.24. The molecule has 3 N–H and O–H groups in total. The van der Waals surface area contributed by atoms with Crippen LogP contribution in [0.2, 0.25) is 0 Å². The van der Waals surface area contributed by atoms with Gasteiger partial charge in [-0.25, -0.2) is 9.59 Å². The van der Waals surface area contributed by atoms with E-state index < -0.39 is 24.1 Å². The lowest BCUT2D eigenvalue weighted by atomic mass is 10.2. The first-order valence-electron chi connectivity index (χ1n) is 7.16. The van der Waals surface area contributed by atoms with Crippen molar-refractivity contribution in [1.29, 1.82) is 0 Å². The zero-order valence-corrected chi connectivity index (χ0v) is 12.4. The summed E-state index contributed by atoms with van der Waals surface area (Å²) in [6.45, 7) is 4.83.